The van der Waals surface area contributed by atoms with Gasteiger partial charge in [0.25, 0.3) is 0 Å². The first-order valence-electron chi connectivity index (χ1n) is 7.12. The molecule has 1 aromatic carbocycles. The lowest BCUT2D eigenvalue weighted by atomic mass is 10.0. The van der Waals surface area contributed by atoms with E-state index >= 15 is 0 Å². The maximum absolute atomic E-state index is 4.46. The van der Waals surface area contributed by atoms with Gasteiger partial charge in [-0.3, -0.25) is 0 Å². The summed E-state index contributed by atoms with van der Waals surface area (Å²) in [6.45, 7) is 9.49. The maximum atomic E-state index is 4.46. The van der Waals surface area contributed by atoms with E-state index in [9.17, 15) is 0 Å². The Morgan fingerprint density at radius 2 is 1.95 bits per heavy atom. The summed E-state index contributed by atoms with van der Waals surface area (Å²) in [5.74, 6) is 0.673. The van der Waals surface area contributed by atoms with Gasteiger partial charge in [-0.05, 0) is 32.4 Å². The molecule has 0 amide bonds. The lowest BCUT2D eigenvalue weighted by molar-refractivity contribution is 0.319. The van der Waals surface area contributed by atoms with Gasteiger partial charge >= 0.3 is 0 Å². The number of rotatable bonds is 6. The Kier molecular flexibility index (Phi) is 4.49. The fourth-order valence-electron chi connectivity index (χ4n) is 1.75. The fourth-order valence-corrected chi connectivity index (χ4v) is 1.75. The van der Waals surface area contributed by atoms with Crippen LogP contribution < -0.4 is 5.32 Å². The molecule has 1 heterocycles. The molecule has 0 fully saturated rings. The number of tetrazole rings is 1. The highest BCUT2D eigenvalue weighted by molar-refractivity contribution is 5.52. The van der Waals surface area contributed by atoms with Crippen molar-refractivity contribution in [1.29, 1.82) is 0 Å². The molecule has 5 nitrogen and oxygen atoms in total. The van der Waals surface area contributed by atoms with E-state index in [1.165, 1.54) is 0 Å². The highest BCUT2D eigenvalue weighted by Crippen LogP contribution is 2.14. The molecule has 2 rings (SSSR count). The summed E-state index contributed by atoms with van der Waals surface area (Å²) in [6.07, 6.45) is 1.08. The van der Waals surface area contributed by atoms with Gasteiger partial charge in [0.2, 0.25) is 5.82 Å². The normalized spacial score (nSPS) is 13.4. The molecular weight excluding hydrogens is 250 g/mol. The van der Waals surface area contributed by atoms with Crippen LogP contribution in [-0.4, -0.2) is 32.3 Å². The second kappa shape index (κ2) is 6.13. The molecule has 1 aromatic heterocycles. The van der Waals surface area contributed by atoms with Crippen molar-refractivity contribution in [3.63, 3.8) is 0 Å². The number of nitrogens with zero attached hydrogens (tertiary/aromatic N) is 4. The summed E-state index contributed by atoms with van der Waals surface area (Å²) in [5.41, 5.74) is 1.13. The number of benzene rings is 1. The van der Waals surface area contributed by atoms with Crippen molar-refractivity contribution in [1.82, 2.24) is 25.5 Å². The first-order chi connectivity index (χ1) is 9.52. The van der Waals surface area contributed by atoms with E-state index in [1.807, 2.05) is 30.3 Å². The molecule has 1 atom stereocenters. The van der Waals surface area contributed by atoms with Crippen LogP contribution in [0.25, 0.3) is 11.4 Å². The Balaban J connectivity index is 2.02. The van der Waals surface area contributed by atoms with Crippen LogP contribution in [0.2, 0.25) is 0 Å². The zero-order valence-electron chi connectivity index (χ0n) is 12.7. The van der Waals surface area contributed by atoms with E-state index in [0.717, 1.165) is 18.5 Å². The minimum absolute atomic E-state index is 0.136. The largest absolute Gasteiger partial charge is 0.310 e. The third-order valence-corrected chi connectivity index (χ3v) is 3.61. The molecule has 0 aliphatic heterocycles. The van der Waals surface area contributed by atoms with Crippen LogP contribution in [0.15, 0.2) is 30.3 Å². The molecule has 1 unspecified atom stereocenters. The monoisotopic (exact) mass is 273 g/mol. The van der Waals surface area contributed by atoms with Crippen molar-refractivity contribution in [2.75, 3.05) is 6.54 Å². The van der Waals surface area contributed by atoms with Crippen LogP contribution in [-0.2, 0) is 0 Å². The van der Waals surface area contributed by atoms with E-state index in [0.29, 0.717) is 5.82 Å². The van der Waals surface area contributed by atoms with E-state index < -0.39 is 0 Å². The minimum Gasteiger partial charge on any atom is -0.310 e. The summed E-state index contributed by atoms with van der Waals surface area (Å²) in [7, 11) is 0. The van der Waals surface area contributed by atoms with Crippen molar-refractivity contribution in [2.24, 2.45) is 0 Å². The molecule has 0 spiro atoms. The van der Waals surface area contributed by atoms with Gasteiger partial charge in [0, 0.05) is 17.6 Å². The first kappa shape index (κ1) is 14.7. The van der Waals surface area contributed by atoms with Crippen LogP contribution in [0, 0.1) is 0 Å². The summed E-state index contributed by atoms with van der Waals surface area (Å²) >= 11 is 0. The van der Waals surface area contributed by atoms with Gasteiger partial charge in [0.05, 0.1) is 6.04 Å². The van der Waals surface area contributed by atoms with Crippen molar-refractivity contribution >= 4 is 0 Å². The summed E-state index contributed by atoms with van der Waals surface area (Å²) < 4.78 is 0. The van der Waals surface area contributed by atoms with Crippen molar-refractivity contribution in [3.05, 3.63) is 30.3 Å². The molecule has 0 saturated heterocycles. The minimum atomic E-state index is 0.136. The predicted octanol–water partition coefficient (Wildman–Crippen LogP) is 2.68. The highest BCUT2D eigenvalue weighted by Gasteiger charge is 2.17. The summed E-state index contributed by atoms with van der Waals surface area (Å²) in [6, 6.07) is 10.1. The van der Waals surface area contributed by atoms with E-state index in [1.54, 1.807) is 4.80 Å². The molecule has 1 N–H and O–H groups in total. The number of hydrogen-bond acceptors (Lipinski definition) is 4. The van der Waals surface area contributed by atoms with Crippen molar-refractivity contribution in [2.45, 2.75) is 45.7 Å². The van der Waals surface area contributed by atoms with Gasteiger partial charge in [0.15, 0.2) is 0 Å². The smallest absolute Gasteiger partial charge is 0.204 e. The fraction of sp³-hybridized carbons (Fsp3) is 0.533. The van der Waals surface area contributed by atoms with Crippen LogP contribution in [0.4, 0.5) is 0 Å². The van der Waals surface area contributed by atoms with E-state index in [-0.39, 0.29) is 11.6 Å². The Morgan fingerprint density at radius 1 is 1.25 bits per heavy atom. The first-order valence-corrected chi connectivity index (χ1v) is 7.12. The molecule has 20 heavy (non-hydrogen) atoms. The topological polar surface area (TPSA) is 55.6 Å². The van der Waals surface area contributed by atoms with Crippen LogP contribution in [0.1, 0.15) is 40.2 Å². The average Bonchev–Trinajstić information content (AvgIpc) is 2.96. The van der Waals surface area contributed by atoms with Crippen LogP contribution in [0.5, 0.6) is 0 Å². The Hall–Kier alpha value is -1.75. The van der Waals surface area contributed by atoms with E-state index in [2.05, 4.69) is 48.4 Å². The molecule has 0 saturated carbocycles. The molecule has 108 valence electrons. The Bertz CT molecular complexity index is 532. The SMILES string of the molecule is CCC(C)(C)NCC(C)n1nnc(-c2ccccc2)n1. The molecular formula is C15H23N5. The quantitative estimate of drug-likeness (QED) is 0.879. The highest BCUT2D eigenvalue weighted by atomic mass is 15.6. The zero-order chi connectivity index (χ0) is 14.6. The van der Waals surface area contributed by atoms with Crippen molar-refractivity contribution < 1.29 is 0 Å². The van der Waals surface area contributed by atoms with Crippen LogP contribution >= 0.6 is 0 Å². The molecule has 0 aliphatic rings. The van der Waals surface area contributed by atoms with Gasteiger partial charge in [-0.25, -0.2) is 0 Å². The second-order valence-corrected chi connectivity index (χ2v) is 5.77. The molecule has 2 aromatic rings. The molecule has 0 radical (unpaired) electrons. The Labute approximate surface area is 120 Å². The van der Waals surface area contributed by atoms with Crippen LogP contribution in [0.3, 0.4) is 0 Å². The maximum Gasteiger partial charge on any atom is 0.204 e. The average molecular weight is 273 g/mol. The number of nitrogens with one attached hydrogen (secondary N) is 1. The molecule has 0 aliphatic carbocycles. The van der Waals surface area contributed by atoms with Gasteiger partial charge < -0.3 is 5.32 Å². The third kappa shape index (κ3) is 3.63. The molecule has 0 bridgehead atoms. The van der Waals surface area contributed by atoms with Gasteiger partial charge in [0.1, 0.15) is 0 Å². The van der Waals surface area contributed by atoms with Gasteiger partial charge in [-0.15, -0.1) is 10.2 Å². The van der Waals surface area contributed by atoms with Crippen molar-refractivity contribution in [3.8, 4) is 11.4 Å². The molecule has 5 heteroatoms. The lowest BCUT2D eigenvalue weighted by Gasteiger charge is -2.26. The standard InChI is InChI=1S/C15H23N5/c1-5-15(3,4)16-11-12(2)20-18-14(17-19-20)13-9-7-6-8-10-13/h6-10,12,16H,5,11H2,1-4H3. The summed E-state index contributed by atoms with van der Waals surface area (Å²) in [4.78, 5) is 1.68. The second-order valence-electron chi connectivity index (χ2n) is 5.77. The Morgan fingerprint density at radius 3 is 2.60 bits per heavy atom. The van der Waals surface area contributed by atoms with E-state index in [4.69, 9.17) is 0 Å². The lowest BCUT2D eigenvalue weighted by Crippen LogP contribution is -2.41. The predicted molar refractivity (Wildman–Crippen MR) is 80.3 cm³/mol. The zero-order valence-corrected chi connectivity index (χ0v) is 12.7. The number of aromatic nitrogens is 4. The van der Waals surface area contributed by atoms with Gasteiger partial charge in [-0.2, -0.15) is 4.80 Å². The third-order valence-electron chi connectivity index (χ3n) is 3.61. The van der Waals surface area contributed by atoms with Gasteiger partial charge in [-0.1, -0.05) is 37.3 Å². The number of hydrogen-bond donors (Lipinski definition) is 1. The summed E-state index contributed by atoms with van der Waals surface area (Å²) in [5, 5.41) is 16.3.